The highest BCUT2D eigenvalue weighted by Crippen LogP contribution is 2.35. The Hall–Kier alpha value is -0.300. The van der Waals surface area contributed by atoms with Crippen LogP contribution in [0.4, 0.5) is 13.2 Å². The van der Waals surface area contributed by atoms with Crippen LogP contribution in [0.3, 0.4) is 0 Å². The van der Waals surface area contributed by atoms with Crippen molar-refractivity contribution < 1.29 is 13.2 Å². The highest BCUT2D eigenvalue weighted by molar-refractivity contribution is 7.12. The highest BCUT2D eigenvalue weighted by Gasteiger charge is 2.33. The van der Waals surface area contributed by atoms with Crippen molar-refractivity contribution in [3.63, 3.8) is 0 Å². The van der Waals surface area contributed by atoms with Gasteiger partial charge >= 0.3 is 6.18 Å². The maximum atomic E-state index is 12.5. The standard InChI is InChI=1S/C12H17F3N2S.ClH/c1-16-7-9-3-2-6-17(9)8-10-4-5-11(18-10)12(13,14)15;/h4-5,9,16H,2-3,6-8H2,1H3;1H. The summed E-state index contributed by atoms with van der Waals surface area (Å²) in [5.41, 5.74) is 0. The van der Waals surface area contributed by atoms with Gasteiger partial charge in [-0.2, -0.15) is 13.2 Å². The third kappa shape index (κ3) is 4.34. The summed E-state index contributed by atoms with van der Waals surface area (Å²) in [6, 6.07) is 3.23. The minimum Gasteiger partial charge on any atom is -0.318 e. The van der Waals surface area contributed by atoms with Gasteiger partial charge in [0.15, 0.2) is 0 Å². The summed E-state index contributed by atoms with van der Waals surface area (Å²) in [6.45, 7) is 2.51. The third-order valence-electron chi connectivity index (χ3n) is 3.24. The molecule has 7 heteroatoms. The first-order chi connectivity index (χ1) is 8.50. The zero-order chi connectivity index (χ0) is 13.2. The van der Waals surface area contributed by atoms with E-state index in [1.807, 2.05) is 7.05 Å². The van der Waals surface area contributed by atoms with Crippen molar-refractivity contribution in [1.82, 2.24) is 10.2 Å². The van der Waals surface area contributed by atoms with Crippen LogP contribution in [-0.4, -0.2) is 31.1 Å². The maximum absolute atomic E-state index is 12.5. The number of likely N-dealkylation sites (N-methyl/N-ethyl adjacent to an activating group) is 1. The number of nitrogens with one attached hydrogen (secondary N) is 1. The number of halogens is 4. The Morgan fingerprint density at radius 3 is 2.74 bits per heavy atom. The zero-order valence-electron chi connectivity index (χ0n) is 10.7. The van der Waals surface area contributed by atoms with Gasteiger partial charge in [-0.05, 0) is 38.6 Å². The smallest absolute Gasteiger partial charge is 0.318 e. The first-order valence-corrected chi connectivity index (χ1v) is 6.87. The van der Waals surface area contributed by atoms with Crippen molar-refractivity contribution in [3.8, 4) is 0 Å². The summed E-state index contributed by atoms with van der Waals surface area (Å²) in [6.07, 6.45) is -1.96. The van der Waals surface area contributed by atoms with Crippen LogP contribution in [0, 0.1) is 0 Å². The number of alkyl halides is 3. The summed E-state index contributed by atoms with van der Waals surface area (Å²) < 4.78 is 37.5. The van der Waals surface area contributed by atoms with Crippen LogP contribution >= 0.6 is 23.7 Å². The van der Waals surface area contributed by atoms with Gasteiger partial charge in [-0.1, -0.05) is 0 Å². The van der Waals surface area contributed by atoms with Crippen molar-refractivity contribution in [1.29, 1.82) is 0 Å². The molecule has 1 aliphatic heterocycles. The SMILES string of the molecule is CNCC1CCCN1Cc1ccc(C(F)(F)F)s1.Cl. The lowest BCUT2D eigenvalue weighted by molar-refractivity contribution is -0.134. The van der Waals surface area contributed by atoms with Crippen LogP contribution in [0.2, 0.25) is 0 Å². The summed E-state index contributed by atoms with van der Waals surface area (Å²) in [4.78, 5) is 2.56. The Labute approximate surface area is 121 Å². The molecule has 19 heavy (non-hydrogen) atoms. The molecule has 2 rings (SSSR count). The summed E-state index contributed by atoms with van der Waals surface area (Å²) >= 11 is 0.860. The molecule has 1 N–H and O–H groups in total. The Morgan fingerprint density at radius 1 is 1.42 bits per heavy atom. The lowest BCUT2D eigenvalue weighted by Gasteiger charge is -2.23. The van der Waals surface area contributed by atoms with E-state index >= 15 is 0 Å². The number of nitrogens with zero attached hydrogens (tertiary/aromatic N) is 1. The molecule has 1 aliphatic rings. The predicted octanol–water partition coefficient (Wildman–Crippen LogP) is 3.37. The van der Waals surface area contributed by atoms with Gasteiger partial charge in [-0.25, -0.2) is 0 Å². The number of likely N-dealkylation sites (tertiary alicyclic amines) is 1. The predicted molar refractivity (Wildman–Crippen MR) is 73.9 cm³/mol. The quantitative estimate of drug-likeness (QED) is 0.916. The van der Waals surface area contributed by atoms with Gasteiger partial charge in [0.1, 0.15) is 4.88 Å². The molecule has 2 heterocycles. The minimum atomic E-state index is -4.21. The monoisotopic (exact) mass is 314 g/mol. The van der Waals surface area contributed by atoms with E-state index in [0.29, 0.717) is 12.6 Å². The van der Waals surface area contributed by atoms with Crippen molar-refractivity contribution >= 4 is 23.7 Å². The molecule has 1 unspecified atom stereocenters. The second kappa shape index (κ2) is 6.92. The Morgan fingerprint density at radius 2 is 2.16 bits per heavy atom. The third-order valence-corrected chi connectivity index (χ3v) is 4.35. The topological polar surface area (TPSA) is 15.3 Å². The summed E-state index contributed by atoms with van der Waals surface area (Å²) in [5.74, 6) is 0. The van der Waals surface area contributed by atoms with Gasteiger partial charge in [0.05, 0.1) is 0 Å². The number of hydrogen-bond acceptors (Lipinski definition) is 3. The molecule has 1 aromatic rings. The molecule has 1 aromatic heterocycles. The molecule has 110 valence electrons. The van der Waals surface area contributed by atoms with E-state index in [0.717, 1.165) is 42.1 Å². The number of hydrogen-bond donors (Lipinski definition) is 1. The van der Waals surface area contributed by atoms with Crippen LogP contribution in [0.25, 0.3) is 0 Å². The van der Waals surface area contributed by atoms with E-state index in [4.69, 9.17) is 0 Å². The number of thiophene rings is 1. The van der Waals surface area contributed by atoms with Gasteiger partial charge in [0.25, 0.3) is 0 Å². The van der Waals surface area contributed by atoms with E-state index in [-0.39, 0.29) is 12.4 Å². The van der Waals surface area contributed by atoms with Gasteiger partial charge in [-0.3, -0.25) is 4.90 Å². The fraction of sp³-hybridized carbons (Fsp3) is 0.667. The van der Waals surface area contributed by atoms with E-state index in [9.17, 15) is 13.2 Å². The second-order valence-electron chi connectivity index (χ2n) is 4.59. The average molecular weight is 315 g/mol. The van der Waals surface area contributed by atoms with Crippen LogP contribution < -0.4 is 5.32 Å². The Balaban J connectivity index is 0.00000180. The molecule has 0 bridgehead atoms. The van der Waals surface area contributed by atoms with E-state index in [1.54, 1.807) is 6.07 Å². The van der Waals surface area contributed by atoms with Crippen molar-refractivity contribution in [3.05, 3.63) is 21.9 Å². The first kappa shape index (κ1) is 16.8. The normalized spacial score (nSPS) is 20.5. The van der Waals surface area contributed by atoms with Crippen molar-refractivity contribution in [2.45, 2.75) is 31.6 Å². The minimum absolute atomic E-state index is 0. The van der Waals surface area contributed by atoms with E-state index < -0.39 is 11.1 Å². The van der Waals surface area contributed by atoms with Crippen LogP contribution in [0.5, 0.6) is 0 Å². The molecular weight excluding hydrogens is 297 g/mol. The molecule has 2 nitrogen and oxygen atoms in total. The molecule has 0 aliphatic carbocycles. The molecule has 1 atom stereocenters. The molecular formula is C12H18ClF3N2S. The van der Waals surface area contributed by atoms with Crippen LogP contribution in [0.1, 0.15) is 22.6 Å². The fourth-order valence-corrected chi connectivity index (χ4v) is 3.29. The second-order valence-corrected chi connectivity index (χ2v) is 5.76. The molecule has 0 saturated carbocycles. The number of rotatable bonds is 4. The Bertz CT molecular complexity index is 395. The van der Waals surface area contributed by atoms with Crippen molar-refractivity contribution in [2.24, 2.45) is 0 Å². The largest absolute Gasteiger partial charge is 0.425 e. The van der Waals surface area contributed by atoms with Gasteiger partial charge in [0.2, 0.25) is 0 Å². The molecule has 0 radical (unpaired) electrons. The Kier molecular flexibility index (Phi) is 6.11. The lowest BCUT2D eigenvalue weighted by Crippen LogP contribution is -2.36. The van der Waals surface area contributed by atoms with Gasteiger partial charge < -0.3 is 5.32 Å². The summed E-state index contributed by atoms with van der Waals surface area (Å²) in [5, 5.41) is 3.14. The molecule has 1 saturated heterocycles. The summed E-state index contributed by atoms with van der Waals surface area (Å²) in [7, 11) is 1.91. The molecule has 0 spiro atoms. The van der Waals surface area contributed by atoms with E-state index in [1.165, 1.54) is 6.07 Å². The van der Waals surface area contributed by atoms with Crippen molar-refractivity contribution in [2.75, 3.05) is 20.1 Å². The maximum Gasteiger partial charge on any atom is 0.425 e. The fourth-order valence-electron chi connectivity index (χ4n) is 2.39. The van der Waals surface area contributed by atoms with Crippen LogP contribution in [0.15, 0.2) is 12.1 Å². The first-order valence-electron chi connectivity index (χ1n) is 6.05. The molecule has 0 amide bonds. The zero-order valence-corrected chi connectivity index (χ0v) is 12.3. The molecule has 1 fully saturated rings. The van der Waals surface area contributed by atoms with E-state index in [2.05, 4.69) is 10.2 Å². The van der Waals surface area contributed by atoms with Crippen LogP contribution in [-0.2, 0) is 12.7 Å². The lowest BCUT2D eigenvalue weighted by atomic mass is 10.2. The van der Waals surface area contributed by atoms with Gasteiger partial charge in [0, 0.05) is 24.0 Å². The highest BCUT2D eigenvalue weighted by atomic mass is 35.5. The van der Waals surface area contributed by atoms with Gasteiger partial charge in [-0.15, -0.1) is 23.7 Å². The average Bonchev–Trinajstić information content (AvgIpc) is 2.89. The molecule has 0 aromatic carbocycles.